The van der Waals surface area contributed by atoms with Gasteiger partial charge in [-0.1, -0.05) is 111 Å². The van der Waals surface area contributed by atoms with E-state index in [9.17, 15) is 38.4 Å². The van der Waals surface area contributed by atoms with Crippen molar-refractivity contribution in [3.8, 4) is 0 Å². The molecule has 0 unspecified atom stereocenters. The number of carbonyl (C=O) groups excluding carboxylic acids is 8. The number of nitrogens with two attached hydrogens (primary N) is 4. The molecule has 2 heterocycles. The number of hydrogen-bond acceptors (Lipinski definition) is 22. The summed E-state index contributed by atoms with van der Waals surface area (Å²) in [7, 11) is 0. The van der Waals surface area contributed by atoms with Crippen LogP contribution in [0.25, 0.3) is 0 Å². The van der Waals surface area contributed by atoms with Crippen LogP contribution >= 0.6 is 0 Å². The van der Waals surface area contributed by atoms with Gasteiger partial charge in [-0.15, -0.1) is 0 Å². The summed E-state index contributed by atoms with van der Waals surface area (Å²) in [6.45, 7) is 40.4. The van der Waals surface area contributed by atoms with Gasteiger partial charge in [-0.2, -0.15) is 0 Å². The molecule has 0 fully saturated rings. The number of ether oxygens (including phenoxy) is 6. The Kier molecular flexibility index (Phi) is 45.6. The van der Waals surface area contributed by atoms with Gasteiger partial charge in [0.25, 0.3) is 23.6 Å². The average molecular weight is 1390 g/mol. The molecule has 30 nitrogen and oxygen atoms in total. The number of nitrogens with one attached hydrogen (secondary N) is 8. The van der Waals surface area contributed by atoms with Crippen LogP contribution in [0.2, 0.25) is 0 Å². The highest BCUT2D eigenvalue weighted by Crippen LogP contribution is 2.24. The third-order valence-corrected chi connectivity index (χ3v) is 15.7. The molecular formula is C68H124N16O14. The fraction of sp³-hybridized carbons (Fsp3) is 0.765. The van der Waals surface area contributed by atoms with Crippen molar-refractivity contribution >= 4 is 70.5 Å². The molecule has 0 bridgehead atoms. The summed E-state index contributed by atoms with van der Waals surface area (Å²) in [4.78, 5) is 116. The molecule has 560 valence electrons. The Bertz CT molecular complexity index is 2470. The molecule has 0 saturated heterocycles. The van der Waals surface area contributed by atoms with Crippen molar-refractivity contribution in [1.82, 2.24) is 62.5 Å². The SMILES string of the molecule is CC(C)C(C(=O)NCCCOCCOCCOCCCNC(=O)c1nc(N)c(C(=O)NCCCOCCOCCOCCCNC(=O)C(C(C)C)C(C)C)nc1N)C(C)C.CC(C)C(C(=O)NCCNC(=O)c1nc(N)c(C(=O)NCCNC(=O)C(C(C)C)C(C)C)nc1N)C(C)C. The number of hydrogen-bond donors (Lipinski definition) is 12. The monoisotopic (exact) mass is 1390 g/mol. The maximum absolute atomic E-state index is 12.6. The lowest BCUT2D eigenvalue weighted by molar-refractivity contribution is -0.128. The van der Waals surface area contributed by atoms with Gasteiger partial charge in [0, 0.05) is 102 Å². The van der Waals surface area contributed by atoms with E-state index < -0.39 is 23.6 Å². The minimum atomic E-state index is -0.625. The van der Waals surface area contributed by atoms with Crippen LogP contribution in [-0.4, -0.2) is 199 Å². The zero-order valence-electron chi connectivity index (χ0n) is 61.7. The maximum atomic E-state index is 12.6. The normalized spacial score (nSPS) is 11.6. The zero-order valence-corrected chi connectivity index (χ0v) is 61.7. The quantitative estimate of drug-likeness (QED) is 0.0416. The molecule has 0 saturated carbocycles. The highest BCUT2D eigenvalue weighted by atomic mass is 16.5. The van der Waals surface area contributed by atoms with Crippen LogP contribution < -0.4 is 65.5 Å². The molecule has 2 aromatic rings. The smallest absolute Gasteiger partial charge is 0.273 e. The molecule has 30 heteroatoms. The van der Waals surface area contributed by atoms with E-state index in [-0.39, 0.29) is 143 Å². The van der Waals surface area contributed by atoms with Gasteiger partial charge in [0.15, 0.2) is 46.0 Å². The van der Waals surface area contributed by atoms with Gasteiger partial charge in [0.05, 0.1) is 52.9 Å². The lowest BCUT2D eigenvalue weighted by Gasteiger charge is -2.23. The van der Waals surface area contributed by atoms with Crippen LogP contribution in [-0.2, 0) is 47.6 Å². The molecule has 0 aliphatic carbocycles. The number of aromatic nitrogens is 4. The van der Waals surface area contributed by atoms with E-state index in [4.69, 9.17) is 51.4 Å². The summed E-state index contributed by atoms with van der Waals surface area (Å²) in [6, 6.07) is 0. The second kappa shape index (κ2) is 50.2. The fourth-order valence-electron chi connectivity index (χ4n) is 11.2. The van der Waals surface area contributed by atoms with Crippen molar-refractivity contribution in [1.29, 1.82) is 0 Å². The van der Waals surface area contributed by atoms with Crippen LogP contribution in [0, 0.1) is 71.0 Å². The number of carbonyl (C=O) groups is 8. The van der Waals surface area contributed by atoms with E-state index in [0.717, 1.165) is 12.8 Å². The lowest BCUT2D eigenvalue weighted by atomic mass is 9.85. The van der Waals surface area contributed by atoms with Crippen LogP contribution in [0.15, 0.2) is 0 Å². The summed E-state index contributed by atoms with van der Waals surface area (Å²) in [5, 5.41) is 22.3. The van der Waals surface area contributed by atoms with Crippen LogP contribution in [0.1, 0.15) is 178 Å². The van der Waals surface area contributed by atoms with Crippen LogP contribution in [0.4, 0.5) is 23.3 Å². The van der Waals surface area contributed by atoms with Gasteiger partial charge in [-0.25, -0.2) is 19.9 Å². The molecule has 0 aromatic carbocycles. The second-order valence-corrected chi connectivity index (χ2v) is 26.7. The van der Waals surface area contributed by atoms with Gasteiger partial charge in [-0.3, -0.25) is 38.4 Å². The third-order valence-electron chi connectivity index (χ3n) is 15.7. The predicted octanol–water partition coefficient (Wildman–Crippen LogP) is 4.04. The molecule has 0 aliphatic rings. The van der Waals surface area contributed by atoms with Gasteiger partial charge in [-0.05, 0) is 73.0 Å². The fourth-order valence-corrected chi connectivity index (χ4v) is 11.2. The van der Waals surface area contributed by atoms with Crippen molar-refractivity contribution in [2.75, 3.05) is 155 Å². The summed E-state index contributed by atoms with van der Waals surface area (Å²) in [5.41, 5.74) is 22.9. The Labute approximate surface area is 582 Å². The number of nitrogen functional groups attached to an aromatic ring is 4. The topological polar surface area (TPSA) is 444 Å². The van der Waals surface area contributed by atoms with Crippen molar-refractivity contribution in [3.05, 3.63) is 22.8 Å². The first-order valence-electron chi connectivity index (χ1n) is 34.9. The Morgan fingerprint density at radius 2 is 0.408 bits per heavy atom. The van der Waals surface area contributed by atoms with Crippen molar-refractivity contribution in [2.45, 2.75) is 136 Å². The standard InChI is InChI=1S/C42H78N8O10.C26H46N8O4/c1-29(2)33(30(3)4)39(51)45-13-9-17-55-21-25-59-27-23-57-19-11-15-47-41(53)35-37(43)50-36(38(44)49-35)42(54)48-16-12-20-58-24-28-60-26-22-56-18-10-14-46-40(52)34(31(5)6)32(7)8;1-13(2)17(14(3)4)23(35)29-9-11-31-25(37)19-21(27)34-20(22(28)33-19)26(38)32-12-10-30-24(36)18(15(5)6)16(7)8/h29-34H,9-28H2,1-8H3,(H2,44,49)(H2,43,50)(H,45,51)(H,46,52)(H,47,53)(H,48,54);13-18H,9-12H2,1-8H3,(H2,28,33)(H2,27,34)(H,29,35)(H,30,36)(H,31,37)(H,32,38). The first kappa shape index (κ1) is 88.9. The van der Waals surface area contributed by atoms with Gasteiger partial charge < -0.3 is 93.9 Å². The molecule has 16 N–H and O–H groups in total. The van der Waals surface area contributed by atoms with Crippen molar-refractivity contribution in [3.63, 3.8) is 0 Å². The van der Waals surface area contributed by atoms with E-state index in [1.54, 1.807) is 0 Å². The lowest BCUT2D eigenvalue weighted by Crippen LogP contribution is -2.41. The van der Waals surface area contributed by atoms with Crippen molar-refractivity contribution in [2.24, 2.45) is 71.0 Å². The van der Waals surface area contributed by atoms with Crippen molar-refractivity contribution < 1.29 is 66.8 Å². The van der Waals surface area contributed by atoms with Crippen LogP contribution in [0.5, 0.6) is 0 Å². The molecule has 2 aromatic heterocycles. The van der Waals surface area contributed by atoms with E-state index in [2.05, 4.69) is 118 Å². The number of amides is 8. The molecular weight excluding hydrogens is 1260 g/mol. The molecule has 2 rings (SSSR count). The predicted molar refractivity (Wildman–Crippen MR) is 379 cm³/mol. The van der Waals surface area contributed by atoms with E-state index >= 15 is 0 Å². The number of anilines is 4. The van der Waals surface area contributed by atoms with Crippen LogP contribution in [0.3, 0.4) is 0 Å². The molecule has 8 amide bonds. The Balaban J connectivity index is 0.00000108. The number of rotatable bonds is 50. The zero-order chi connectivity index (χ0) is 73.9. The average Bonchev–Trinajstić information content (AvgIpc) is 0.827. The highest BCUT2D eigenvalue weighted by Gasteiger charge is 2.29. The molecule has 0 atom stereocenters. The summed E-state index contributed by atoms with van der Waals surface area (Å²) in [5.74, 6) is -1.48. The van der Waals surface area contributed by atoms with Gasteiger partial charge in [0.2, 0.25) is 23.6 Å². The first-order chi connectivity index (χ1) is 46.4. The summed E-state index contributed by atoms with van der Waals surface area (Å²) >= 11 is 0. The maximum Gasteiger partial charge on any atom is 0.273 e. The van der Waals surface area contributed by atoms with E-state index in [1.165, 1.54) is 0 Å². The minimum absolute atomic E-state index is 0.0138. The Hall–Kier alpha value is -7.12. The largest absolute Gasteiger partial charge is 0.382 e. The molecule has 98 heavy (non-hydrogen) atoms. The van der Waals surface area contributed by atoms with E-state index in [1.807, 2.05) is 55.4 Å². The number of nitrogens with zero attached hydrogens (tertiary/aromatic N) is 4. The minimum Gasteiger partial charge on any atom is -0.382 e. The third kappa shape index (κ3) is 35.6. The first-order valence-corrected chi connectivity index (χ1v) is 34.9. The second-order valence-electron chi connectivity index (χ2n) is 26.7. The van der Waals surface area contributed by atoms with E-state index in [0.29, 0.717) is 142 Å². The highest BCUT2D eigenvalue weighted by molar-refractivity contribution is 6.02. The van der Waals surface area contributed by atoms with Gasteiger partial charge in [0.1, 0.15) is 0 Å². The van der Waals surface area contributed by atoms with Gasteiger partial charge >= 0.3 is 0 Å². The molecule has 0 aliphatic heterocycles. The molecule has 0 radical (unpaired) electrons. The Morgan fingerprint density at radius 1 is 0.255 bits per heavy atom. The molecule has 0 spiro atoms. The Morgan fingerprint density at radius 3 is 0.602 bits per heavy atom. The summed E-state index contributed by atoms with van der Waals surface area (Å²) in [6.07, 6.45) is 2.56. The summed E-state index contributed by atoms with van der Waals surface area (Å²) < 4.78 is 33.3.